The maximum Gasteiger partial charge on any atom is 0.0805 e. The zero-order valence-corrected chi connectivity index (χ0v) is 6.80. The molecule has 0 aromatic carbocycles. The van der Waals surface area contributed by atoms with Gasteiger partial charge in [0.2, 0.25) is 0 Å². The predicted octanol–water partition coefficient (Wildman–Crippen LogP) is 1.59. The van der Waals surface area contributed by atoms with Gasteiger partial charge in [-0.05, 0) is 19.3 Å². The molecule has 1 heterocycles. The number of hydrogen-bond acceptors (Lipinski definition) is 2. The Morgan fingerprint density at radius 1 is 1.50 bits per heavy atom. The minimum atomic E-state index is 0.350. The second-order valence-electron chi connectivity index (χ2n) is 2.80. The van der Waals surface area contributed by atoms with Crippen LogP contribution < -0.4 is 0 Å². The highest BCUT2D eigenvalue weighted by Crippen LogP contribution is 2.17. The van der Waals surface area contributed by atoms with Crippen molar-refractivity contribution in [1.82, 2.24) is 0 Å². The summed E-state index contributed by atoms with van der Waals surface area (Å²) in [5, 5.41) is 0. The van der Waals surface area contributed by atoms with Crippen LogP contribution in [0.15, 0.2) is 0 Å². The van der Waals surface area contributed by atoms with E-state index in [1.807, 2.05) is 0 Å². The van der Waals surface area contributed by atoms with Gasteiger partial charge in [-0.15, -0.1) is 0 Å². The van der Waals surface area contributed by atoms with Gasteiger partial charge in [0.25, 0.3) is 0 Å². The van der Waals surface area contributed by atoms with Crippen molar-refractivity contribution in [3.05, 3.63) is 0 Å². The van der Waals surface area contributed by atoms with Gasteiger partial charge in [-0.3, -0.25) is 0 Å². The Kier molecular flexibility index (Phi) is 3.16. The van der Waals surface area contributed by atoms with Gasteiger partial charge in [0.1, 0.15) is 0 Å². The van der Waals surface area contributed by atoms with Crippen molar-refractivity contribution in [2.45, 2.75) is 38.4 Å². The maximum atomic E-state index is 5.51. The van der Waals surface area contributed by atoms with Crippen LogP contribution in [-0.4, -0.2) is 25.9 Å². The van der Waals surface area contributed by atoms with Gasteiger partial charge in [-0.25, -0.2) is 0 Å². The Labute approximate surface area is 62.5 Å². The molecule has 2 atom stereocenters. The van der Waals surface area contributed by atoms with Crippen molar-refractivity contribution < 1.29 is 9.47 Å². The van der Waals surface area contributed by atoms with Gasteiger partial charge in [0.05, 0.1) is 18.8 Å². The first-order chi connectivity index (χ1) is 4.86. The average Bonchev–Trinajstić information content (AvgIpc) is 2.05. The molecule has 0 N–H and O–H groups in total. The summed E-state index contributed by atoms with van der Waals surface area (Å²) >= 11 is 0. The molecule has 2 unspecified atom stereocenters. The Morgan fingerprint density at radius 2 is 2.30 bits per heavy atom. The Morgan fingerprint density at radius 3 is 2.70 bits per heavy atom. The van der Waals surface area contributed by atoms with Gasteiger partial charge >= 0.3 is 0 Å². The van der Waals surface area contributed by atoms with Crippen LogP contribution in [0.25, 0.3) is 0 Å². The van der Waals surface area contributed by atoms with Gasteiger partial charge in [-0.2, -0.15) is 0 Å². The standard InChI is InChI=1S/C8H16O2/c1-3-7-4-5-8(9-2)6-10-7/h7-8H,3-6H2,1-2H3. The van der Waals surface area contributed by atoms with Crippen molar-refractivity contribution in [2.75, 3.05) is 13.7 Å². The number of ether oxygens (including phenoxy) is 2. The lowest BCUT2D eigenvalue weighted by atomic mass is 10.1. The van der Waals surface area contributed by atoms with E-state index in [1.165, 1.54) is 0 Å². The SMILES string of the molecule is CCC1CCC(OC)CO1. The van der Waals surface area contributed by atoms with Crippen LogP contribution in [0.3, 0.4) is 0 Å². The molecule has 0 bridgehead atoms. The number of hydrogen-bond donors (Lipinski definition) is 0. The van der Waals surface area contributed by atoms with Crippen LogP contribution in [0.1, 0.15) is 26.2 Å². The zero-order valence-electron chi connectivity index (χ0n) is 6.80. The largest absolute Gasteiger partial charge is 0.379 e. The fraction of sp³-hybridized carbons (Fsp3) is 1.00. The van der Waals surface area contributed by atoms with Gasteiger partial charge in [-0.1, -0.05) is 6.92 Å². The lowest BCUT2D eigenvalue weighted by molar-refractivity contribution is -0.0716. The van der Waals surface area contributed by atoms with E-state index in [4.69, 9.17) is 9.47 Å². The number of rotatable bonds is 2. The molecule has 0 amide bonds. The predicted molar refractivity (Wildman–Crippen MR) is 40.1 cm³/mol. The first kappa shape index (κ1) is 8.02. The van der Waals surface area contributed by atoms with Crippen LogP contribution in [0.4, 0.5) is 0 Å². The van der Waals surface area contributed by atoms with E-state index in [0.717, 1.165) is 25.9 Å². The third-order valence-corrected chi connectivity index (χ3v) is 2.12. The van der Waals surface area contributed by atoms with Crippen LogP contribution in [0.2, 0.25) is 0 Å². The average molecular weight is 144 g/mol. The first-order valence-electron chi connectivity index (χ1n) is 4.01. The molecule has 1 saturated heterocycles. The smallest absolute Gasteiger partial charge is 0.0805 e. The minimum Gasteiger partial charge on any atom is -0.379 e. The normalized spacial score (nSPS) is 34.2. The summed E-state index contributed by atoms with van der Waals surface area (Å²) in [5.74, 6) is 0. The first-order valence-corrected chi connectivity index (χ1v) is 4.01. The third kappa shape index (κ3) is 1.96. The van der Waals surface area contributed by atoms with E-state index < -0.39 is 0 Å². The van der Waals surface area contributed by atoms with E-state index in [9.17, 15) is 0 Å². The summed E-state index contributed by atoms with van der Waals surface area (Å²) < 4.78 is 10.7. The number of methoxy groups -OCH3 is 1. The molecule has 0 aliphatic carbocycles. The second kappa shape index (κ2) is 3.94. The molecular formula is C8H16O2. The van der Waals surface area contributed by atoms with Crippen molar-refractivity contribution in [3.8, 4) is 0 Å². The molecule has 2 heteroatoms. The monoisotopic (exact) mass is 144 g/mol. The summed E-state index contributed by atoms with van der Waals surface area (Å²) in [4.78, 5) is 0. The van der Waals surface area contributed by atoms with Gasteiger partial charge in [0, 0.05) is 7.11 Å². The summed E-state index contributed by atoms with van der Waals surface area (Å²) in [5.41, 5.74) is 0. The molecule has 0 saturated carbocycles. The topological polar surface area (TPSA) is 18.5 Å². The second-order valence-corrected chi connectivity index (χ2v) is 2.80. The van der Waals surface area contributed by atoms with Crippen molar-refractivity contribution in [2.24, 2.45) is 0 Å². The summed E-state index contributed by atoms with van der Waals surface area (Å²) in [6, 6.07) is 0. The van der Waals surface area contributed by atoms with E-state index in [0.29, 0.717) is 12.2 Å². The quantitative estimate of drug-likeness (QED) is 0.586. The lowest BCUT2D eigenvalue weighted by Crippen LogP contribution is -2.30. The molecule has 0 radical (unpaired) electrons. The highest BCUT2D eigenvalue weighted by atomic mass is 16.5. The van der Waals surface area contributed by atoms with Crippen LogP contribution in [0, 0.1) is 0 Å². The van der Waals surface area contributed by atoms with E-state index in [1.54, 1.807) is 7.11 Å². The van der Waals surface area contributed by atoms with Crippen molar-refractivity contribution >= 4 is 0 Å². The molecule has 1 aliphatic heterocycles. The highest BCUT2D eigenvalue weighted by molar-refractivity contribution is 4.68. The molecule has 1 fully saturated rings. The van der Waals surface area contributed by atoms with Crippen LogP contribution >= 0.6 is 0 Å². The fourth-order valence-corrected chi connectivity index (χ4v) is 1.29. The maximum absolute atomic E-state index is 5.51. The Balaban J connectivity index is 2.17. The lowest BCUT2D eigenvalue weighted by Gasteiger charge is -2.27. The van der Waals surface area contributed by atoms with Crippen molar-refractivity contribution in [1.29, 1.82) is 0 Å². The molecular weight excluding hydrogens is 128 g/mol. The van der Waals surface area contributed by atoms with Crippen molar-refractivity contribution in [3.63, 3.8) is 0 Å². The Bertz CT molecular complexity index is 73.3. The third-order valence-electron chi connectivity index (χ3n) is 2.12. The fourth-order valence-electron chi connectivity index (χ4n) is 1.29. The molecule has 0 spiro atoms. The van der Waals surface area contributed by atoms with E-state index in [2.05, 4.69) is 6.92 Å². The molecule has 10 heavy (non-hydrogen) atoms. The zero-order chi connectivity index (χ0) is 7.40. The molecule has 60 valence electrons. The highest BCUT2D eigenvalue weighted by Gasteiger charge is 2.19. The molecule has 1 aliphatic rings. The minimum absolute atomic E-state index is 0.350. The summed E-state index contributed by atoms with van der Waals surface area (Å²) in [7, 11) is 1.75. The van der Waals surface area contributed by atoms with Gasteiger partial charge < -0.3 is 9.47 Å². The van der Waals surface area contributed by atoms with E-state index in [-0.39, 0.29) is 0 Å². The summed E-state index contributed by atoms with van der Waals surface area (Å²) in [6.07, 6.45) is 4.30. The Hall–Kier alpha value is -0.0800. The molecule has 2 nitrogen and oxygen atoms in total. The molecule has 0 aromatic rings. The molecule has 0 aromatic heterocycles. The molecule has 1 rings (SSSR count). The summed E-state index contributed by atoms with van der Waals surface area (Å²) in [6.45, 7) is 2.95. The van der Waals surface area contributed by atoms with Crippen LogP contribution in [-0.2, 0) is 9.47 Å². The van der Waals surface area contributed by atoms with Gasteiger partial charge in [0.15, 0.2) is 0 Å². The van der Waals surface area contributed by atoms with Crippen LogP contribution in [0.5, 0.6) is 0 Å². The van der Waals surface area contributed by atoms with E-state index >= 15 is 0 Å².